The third-order valence-corrected chi connectivity index (χ3v) is 5.24. The van der Waals surface area contributed by atoms with E-state index in [0.717, 1.165) is 22.9 Å². The fraction of sp³-hybridized carbons (Fsp3) is 0.333. The molecule has 3 heterocycles. The SMILES string of the molecule is C=C1c2ccccc2C(=O)N1CC(=O)N1CCN(c2cc(C)nc(C)n2)CC1. The zero-order valence-electron chi connectivity index (χ0n) is 16.2. The van der Waals surface area contributed by atoms with Gasteiger partial charge in [0.15, 0.2) is 0 Å². The van der Waals surface area contributed by atoms with Crippen molar-refractivity contribution in [2.24, 2.45) is 0 Å². The van der Waals surface area contributed by atoms with E-state index in [1.165, 1.54) is 4.90 Å². The molecule has 1 saturated heterocycles. The van der Waals surface area contributed by atoms with Crippen molar-refractivity contribution >= 4 is 23.3 Å². The Morgan fingerprint density at radius 1 is 1.07 bits per heavy atom. The van der Waals surface area contributed by atoms with Gasteiger partial charge in [-0.05, 0) is 19.9 Å². The lowest BCUT2D eigenvalue weighted by Gasteiger charge is -2.36. The van der Waals surface area contributed by atoms with Gasteiger partial charge in [-0.1, -0.05) is 24.8 Å². The van der Waals surface area contributed by atoms with E-state index in [1.54, 1.807) is 11.0 Å². The standard InChI is InChI=1S/C21H23N5O2/c1-14-12-19(23-16(3)22-14)24-8-10-25(11-9-24)20(27)13-26-15(2)17-6-4-5-7-18(17)21(26)28/h4-7,12H,2,8-11,13H2,1,3H3. The van der Waals surface area contributed by atoms with Crippen LogP contribution in [0.25, 0.3) is 5.70 Å². The number of anilines is 1. The molecule has 7 heteroatoms. The summed E-state index contributed by atoms with van der Waals surface area (Å²) in [5, 5.41) is 0. The molecule has 7 nitrogen and oxygen atoms in total. The Labute approximate surface area is 164 Å². The Morgan fingerprint density at radius 2 is 1.75 bits per heavy atom. The summed E-state index contributed by atoms with van der Waals surface area (Å²) in [5.74, 6) is 1.44. The lowest BCUT2D eigenvalue weighted by atomic mass is 10.1. The monoisotopic (exact) mass is 377 g/mol. The molecule has 0 aliphatic carbocycles. The van der Waals surface area contributed by atoms with Gasteiger partial charge in [0.1, 0.15) is 18.2 Å². The molecule has 1 aromatic carbocycles. The molecule has 144 valence electrons. The van der Waals surface area contributed by atoms with Gasteiger partial charge in [0.25, 0.3) is 5.91 Å². The van der Waals surface area contributed by atoms with Crippen LogP contribution in [0.5, 0.6) is 0 Å². The topological polar surface area (TPSA) is 69.6 Å². The molecule has 1 aromatic heterocycles. The Bertz CT molecular complexity index is 908. The molecule has 1 fully saturated rings. The Balaban J connectivity index is 1.39. The first-order valence-corrected chi connectivity index (χ1v) is 9.39. The van der Waals surface area contributed by atoms with Crippen molar-refractivity contribution in [3.8, 4) is 0 Å². The summed E-state index contributed by atoms with van der Waals surface area (Å²) in [6.45, 7) is 10.5. The van der Waals surface area contributed by atoms with E-state index >= 15 is 0 Å². The molecule has 0 radical (unpaired) electrons. The molecule has 0 atom stereocenters. The van der Waals surface area contributed by atoms with E-state index in [1.807, 2.05) is 38.1 Å². The van der Waals surface area contributed by atoms with Crippen LogP contribution in [0.15, 0.2) is 36.9 Å². The summed E-state index contributed by atoms with van der Waals surface area (Å²) in [6.07, 6.45) is 0. The van der Waals surface area contributed by atoms with Gasteiger partial charge in [-0.3, -0.25) is 14.5 Å². The average molecular weight is 377 g/mol. The van der Waals surface area contributed by atoms with Crippen LogP contribution in [0.1, 0.15) is 27.4 Å². The highest BCUT2D eigenvalue weighted by Gasteiger charge is 2.33. The van der Waals surface area contributed by atoms with Crippen molar-refractivity contribution in [3.05, 3.63) is 59.6 Å². The third-order valence-electron chi connectivity index (χ3n) is 5.24. The van der Waals surface area contributed by atoms with E-state index in [4.69, 9.17) is 0 Å². The highest BCUT2D eigenvalue weighted by molar-refractivity contribution is 6.10. The highest BCUT2D eigenvalue weighted by Crippen LogP contribution is 2.31. The van der Waals surface area contributed by atoms with Gasteiger partial charge in [0, 0.05) is 54.8 Å². The van der Waals surface area contributed by atoms with Crippen molar-refractivity contribution in [1.29, 1.82) is 0 Å². The number of hydrogen-bond donors (Lipinski definition) is 0. The van der Waals surface area contributed by atoms with Gasteiger partial charge in [-0.25, -0.2) is 9.97 Å². The summed E-state index contributed by atoms with van der Waals surface area (Å²) < 4.78 is 0. The second kappa shape index (κ2) is 7.07. The summed E-state index contributed by atoms with van der Waals surface area (Å²) in [6, 6.07) is 9.31. The van der Waals surface area contributed by atoms with Gasteiger partial charge in [0.2, 0.25) is 5.91 Å². The second-order valence-electron chi connectivity index (χ2n) is 7.17. The number of hydrogen-bond acceptors (Lipinski definition) is 5. The summed E-state index contributed by atoms with van der Waals surface area (Å²) in [7, 11) is 0. The highest BCUT2D eigenvalue weighted by atomic mass is 16.2. The molecule has 2 amide bonds. The largest absolute Gasteiger partial charge is 0.353 e. The zero-order valence-corrected chi connectivity index (χ0v) is 16.2. The molecule has 2 aromatic rings. The lowest BCUT2D eigenvalue weighted by Crippen LogP contribution is -2.51. The van der Waals surface area contributed by atoms with Crippen LogP contribution in [-0.2, 0) is 4.79 Å². The number of benzene rings is 1. The Hall–Kier alpha value is -3.22. The first kappa shape index (κ1) is 18.2. The number of fused-ring (bicyclic) bond motifs is 1. The van der Waals surface area contributed by atoms with Gasteiger partial charge in [-0.2, -0.15) is 0 Å². The van der Waals surface area contributed by atoms with Crippen LogP contribution in [0, 0.1) is 13.8 Å². The van der Waals surface area contributed by atoms with Gasteiger partial charge in [-0.15, -0.1) is 0 Å². The van der Waals surface area contributed by atoms with Crippen LogP contribution in [0.2, 0.25) is 0 Å². The lowest BCUT2D eigenvalue weighted by molar-refractivity contribution is -0.131. The maximum atomic E-state index is 12.8. The van der Waals surface area contributed by atoms with E-state index in [9.17, 15) is 9.59 Å². The molecular formula is C21H23N5O2. The molecule has 0 saturated carbocycles. The van der Waals surface area contributed by atoms with E-state index in [0.29, 0.717) is 37.4 Å². The number of nitrogens with zero attached hydrogens (tertiary/aromatic N) is 5. The van der Waals surface area contributed by atoms with Crippen molar-refractivity contribution in [3.63, 3.8) is 0 Å². The van der Waals surface area contributed by atoms with Crippen LogP contribution >= 0.6 is 0 Å². The minimum absolute atomic E-state index is 0.0259. The first-order valence-electron chi connectivity index (χ1n) is 9.39. The van der Waals surface area contributed by atoms with Crippen molar-refractivity contribution < 1.29 is 9.59 Å². The van der Waals surface area contributed by atoms with Gasteiger partial charge < -0.3 is 9.80 Å². The number of aromatic nitrogens is 2. The molecule has 28 heavy (non-hydrogen) atoms. The number of aryl methyl sites for hydroxylation is 2. The van der Waals surface area contributed by atoms with Crippen molar-refractivity contribution in [1.82, 2.24) is 19.8 Å². The molecule has 0 N–H and O–H groups in total. The summed E-state index contributed by atoms with van der Waals surface area (Å²) in [5.41, 5.74) is 2.95. The maximum absolute atomic E-state index is 12.8. The Kier molecular flexibility index (Phi) is 4.58. The quantitative estimate of drug-likeness (QED) is 0.817. The predicted molar refractivity (Wildman–Crippen MR) is 107 cm³/mol. The number of amides is 2. The van der Waals surface area contributed by atoms with Gasteiger partial charge in [0.05, 0.1) is 0 Å². The summed E-state index contributed by atoms with van der Waals surface area (Å²) in [4.78, 5) is 39.7. The molecule has 0 spiro atoms. The van der Waals surface area contributed by atoms with Crippen molar-refractivity contribution in [2.75, 3.05) is 37.6 Å². The van der Waals surface area contributed by atoms with Crippen molar-refractivity contribution in [2.45, 2.75) is 13.8 Å². The smallest absolute Gasteiger partial charge is 0.259 e. The number of rotatable bonds is 3. The number of piperazine rings is 1. The van der Waals surface area contributed by atoms with E-state index < -0.39 is 0 Å². The summed E-state index contributed by atoms with van der Waals surface area (Å²) >= 11 is 0. The van der Waals surface area contributed by atoms with E-state index in [2.05, 4.69) is 21.4 Å². The number of carbonyl (C=O) groups is 2. The fourth-order valence-electron chi connectivity index (χ4n) is 3.78. The minimum Gasteiger partial charge on any atom is -0.353 e. The Morgan fingerprint density at radius 3 is 2.39 bits per heavy atom. The zero-order chi connectivity index (χ0) is 19.8. The van der Waals surface area contributed by atoms with Crippen LogP contribution < -0.4 is 4.90 Å². The number of carbonyl (C=O) groups excluding carboxylic acids is 2. The third kappa shape index (κ3) is 3.24. The molecule has 0 unspecified atom stereocenters. The average Bonchev–Trinajstić information content (AvgIpc) is 2.92. The second-order valence-corrected chi connectivity index (χ2v) is 7.17. The molecular weight excluding hydrogens is 354 g/mol. The predicted octanol–water partition coefficient (Wildman–Crippen LogP) is 1.87. The van der Waals surface area contributed by atoms with E-state index in [-0.39, 0.29) is 18.4 Å². The van der Waals surface area contributed by atoms with Gasteiger partial charge >= 0.3 is 0 Å². The minimum atomic E-state index is -0.153. The van der Waals surface area contributed by atoms with Crippen LogP contribution in [0.3, 0.4) is 0 Å². The molecule has 0 bridgehead atoms. The molecule has 2 aliphatic heterocycles. The van der Waals surface area contributed by atoms with Crippen LogP contribution in [-0.4, -0.2) is 64.3 Å². The maximum Gasteiger partial charge on any atom is 0.259 e. The van der Waals surface area contributed by atoms with Crippen LogP contribution in [0.4, 0.5) is 5.82 Å². The normalized spacial score (nSPS) is 16.6. The molecule has 4 rings (SSSR count). The first-order chi connectivity index (χ1) is 13.4. The fourth-order valence-corrected chi connectivity index (χ4v) is 3.78. The molecule has 2 aliphatic rings.